The molecular formula is C70H110N8O7. The number of ether oxygens (including phenoxy) is 1. The Hall–Kier alpha value is -3.50. The Labute approximate surface area is 508 Å². The minimum absolute atomic E-state index is 0.0336. The highest BCUT2D eigenvalue weighted by molar-refractivity contribution is 5.85. The average Bonchev–Trinajstić information content (AvgIpc) is 1.31. The van der Waals surface area contributed by atoms with Gasteiger partial charge >= 0.3 is 0 Å². The first-order valence-electron chi connectivity index (χ1n) is 33.7. The number of hydrogen-bond donors (Lipinski definition) is 6. The van der Waals surface area contributed by atoms with Crippen LogP contribution in [0.5, 0.6) is 0 Å². The fourth-order valence-electron chi connectivity index (χ4n) is 23.6. The molecule has 2 heterocycles. The fourth-order valence-corrected chi connectivity index (χ4v) is 23.6. The van der Waals surface area contributed by atoms with Gasteiger partial charge in [-0.1, -0.05) is 131 Å². The van der Waals surface area contributed by atoms with E-state index in [1.807, 2.05) is 12.4 Å². The zero-order valence-electron chi connectivity index (χ0n) is 54.8. The number of allylic oxidation sites excluding steroid dienone is 4. The van der Waals surface area contributed by atoms with Crippen molar-refractivity contribution in [1.82, 2.24) is 40.6 Å². The zero-order chi connectivity index (χ0) is 61.1. The van der Waals surface area contributed by atoms with Crippen molar-refractivity contribution >= 4 is 11.8 Å². The summed E-state index contributed by atoms with van der Waals surface area (Å²) in [6.45, 7) is 35.6. The Bertz CT molecular complexity index is 2790. The molecule has 8 saturated carbocycles. The van der Waals surface area contributed by atoms with Gasteiger partial charge in [-0.2, -0.15) is 0 Å². The van der Waals surface area contributed by atoms with Crippen molar-refractivity contribution in [3.63, 3.8) is 0 Å². The molecule has 0 bridgehead atoms. The molecule has 0 aromatic carbocycles. The maximum Gasteiger partial charge on any atom is 0.229 e. The molecule has 10 aliphatic rings. The number of nitrogens with one attached hydrogen (secondary N) is 2. The molecule has 18 atom stereocenters. The number of aliphatic hydroxyl groups excluding tert-OH is 4. The maximum absolute atomic E-state index is 14.9. The molecule has 10 aliphatic carbocycles. The van der Waals surface area contributed by atoms with E-state index < -0.39 is 23.0 Å². The minimum atomic E-state index is -0.919. The van der Waals surface area contributed by atoms with Crippen LogP contribution in [0, 0.1) is 100 Å². The molecule has 0 radical (unpaired) electrons. The van der Waals surface area contributed by atoms with Crippen LogP contribution in [0.25, 0.3) is 0 Å². The molecule has 472 valence electrons. The lowest BCUT2D eigenvalue weighted by molar-refractivity contribution is -0.215. The van der Waals surface area contributed by atoms with Crippen LogP contribution in [0.15, 0.2) is 35.7 Å². The molecule has 8 fully saturated rings. The molecule has 2 amide bonds. The van der Waals surface area contributed by atoms with E-state index in [-0.39, 0.29) is 103 Å². The zero-order valence-corrected chi connectivity index (χ0v) is 54.8. The van der Waals surface area contributed by atoms with Crippen LogP contribution in [0.2, 0.25) is 0 Å². The van der Waals surface area contributed by atoms with E-state index in [0.29, 0.717) is 87.0 Å². The highest BCUT2D eigenvalue weighted by atomic mass is 16.5. The van der Waals surface area contributed by atoms with Crippen LogP contribution in [0.1, 0.15) is 224 Å². The summed E-state index contributed by atoms with van der Waals surface area (Å²) in [6, 6.07) is 0. The first-order valence-corrected chi connectivity index (χ1v) is 33.7. The first-order chi connectivity index (χ1) is 39.7. The van der Waals surface area contributed by atoms with Gasteiger partial charge in [-0.25, -0.2) is 9.36 Å². The number of hydrogen-bond acceptors (Lipinski definition) is 11. The van der Waals surface area contributed by atoms with Crippen molar-refractivity contribution in [3.05, 3.63) is 47.1 Å². The summed E-state index contributed by atoms with van der Waals surface area (Å²) in [5.74, 6) is 1.50. The SMILES string of the molecule is CC1(C)CC[C@@]2(C(=O)NCc3cn(CCOCCn4cc(CNC(=O)[C@]56CCC(C)(C)CC5C5=CCC7[C@@]8(C)CC[C@H](O)C(C)(C)C8CC[C@@]7(C)[C@]5(C)C[C@H]6O)nn4)nn3)C(C1)C1=CCC3[C@@]4(C)CC[C@H](O)C(C)(C)C4CC[C@@]3(C)[C@]1(C)C[C@H]2O. The van der Waals surface area contributed by atoms with Gasteiger partial charge in [0, 0.05) is 0 Å². The van der Waals surface area contributed by atoms with Gasteiger partial charge in [0.15, 0.2) is 0 Å². The molecule has 6 unspecified atom stereocenters. The second-order valence-corrected chi connectivity index (χ2v) is 34.6. The monoisotopic (exact) mass is 1170 g/mol. The highest BCUT2D eigenvalue weighted by Gasteiger charge is 2.73. The van der Waals surface area contributed by atoms with Crippen LogP contribution in [0.4, 0.5) is 0 Å². The lowest BCUT2D eigenvalue weighted by Gasteiger charge is -2.71. The number of carbonyl (C=O) groups is 2. The quantitative estimate of drug-likeness (QED) is 0.0870. The van der Waals surface area contributed by atoms with Gasteiger partial charge in [0.2, 0.25) is 11.8 Å². The third kappa shape index (κ3) is 9.02. The van der Waals surface area contributed by atoms with Crippen LogP contribution in [-0.4, -0.2) is 99.9 Å². The number of fused-ring (bicyclic) bond motifs is 14. The number of aliphatic hydroxyl groups is 4. The summed E-state index contributed by atoms with van der Waals surface area (Å²) in [4.78, 5) is 29.9. The maximum atomic E-state index is 14.9. The van der Waals surface area contributed by atoms with Gasteiger partial charge < -0.3 is 35.8 Å². The normalized spacial score (nSPS) is 45.3. The Balaban J connectivity index is 0.643. The number of aromatic nitrogens is 6. The summed E-state index contributed by atoms with van der Waals surface area (Å²) in [7, 11) is 0. The standard InChI is InChI=1S/C70H110N8O7/c1-59(2)27-29-69(47(35-59)45-15-17-51-63(9)23-21-53(79)61(5,6)49(63)19-25-65(51,11)67(45,13)37-55(69)81)57(83)71-39-43-41-77(75-73-43)31-33-85-34-32-78-42-44(74-76-78)40-72-58(84)70-30-28-60(3,4)36-48(70)46-16-18-52-64(10)24-22-54(80)62(7,8)50(64)20-26-66(52,12)68(46,14)38-56(70)82/h15-16,41-42,47-56,79-82H,17-40H2,1-14H3,(H,71,83)(H,72,84)/t47?,48?,49?,50?,51?,52?,53-,54-,55+,56+,63-,64-,65+,66+,67+,68+,69+,70+/m0/s1. The number of carbonyl (C=O) groups excluding carboxylic acids is 2. The number of nitrogens with zero attached hydrogens (tertiary/aromatic N) is 6. The molecule has 0 aliphatic heterocycles. The highest BCUT2D eigenvalue weighted by Crippen LogP contribution is 2.78. The molecule has 6 N–H and O–H groups in total. The Morgan fingerprint density at radius 1 is 0.506 bits per heavy atom. The average molecular weight is 1180 g/mol. The van der Waals surface area contributed by atoms with Gasteiger partial charge in [0.25, 0.3) is 0 Å². The van der Waals surface area contributed by atoms with Gasteiger partial charge in [0.1, 0.15) is 11.4 Å². The molecule has 85 heavy (non-hydrogen) atoms. The molecule has 12 rings (SSSR count). The van der Waals surface area contributed by atoms with Crippen molar-refractivity contribution < 1.29 is 34.8 Å². The summed E-state index contributed by atoms with van der Waals surface area (Å²) < 4.78 is 9.55. The molecule has 15 nitrogen and oxygen atoms in total. The predicted molar refractivity (Wildman–Crippen MR) is 327 cm³/mol. The van der Waals surface area contributed by atoms with Gasteiger partial charge in [-0.05, 0) is 205 Å². The summed E-state index contributed by atoms with van der Waals surface area (Å²) in [5.41, 5.74) is 1.74. The van der Waals surface area contributed by atoms with Gasteiger partial charge in [0.05, 0.1) is 87.0 Å². The minimum Gasteiger partial charge on any atom is -0.393 e. The lowest BCUT2D eigenvalue weighted by Crippen LogP contribution is -2.68. The molecule has 2 aromatic rings. The van der Waals surface area contributed by atoms with Gasteiger partial charge in [-0.15, -0.1) is 10.2 Å². The van der Waals surface area contributed by atoms with E-state index in [0.717, 1.165) is 89.9 Å². The van der Waals surface area contributed by atoms with Crippen LogP contribution in [-0.2, 0) is 40.5 Å². The van der Waals surface area contributed by atoms with Gasteiger partial charge in [-0.3, -0.25) is 9.59 Å². The topological polar surface area (TPSA) is 210 Å². The molecule has 15 heteroatoms. The van der Waals surface area contributed by atoms with Crippen molar-refractivity contribution in [3.8, 4) is 0 Å². The van der Waals surface area contributed by atoms with Crippen LogP contribution >= 0.6 is 0 Å². The van der Waals surface area contributed by atoms with E-state index >= 15 is 0 Å². The second kappa shape index (κ2) is 20.5. The third-order valence-corrected chi connectivity index (χ3v) is 29.1. The summed E-state index contributed by atoms with van der Waals surface area (Å²) in [6.07, 6.45) is 22.6. The summed E-state index contributed by atoms with van der Waals surface area (Å²) in [5, 5.41) is 72.0. The van der Waals surface area contributed by atoms with E-state index in [2.05, 4.69) is 140 Å². The molecule has 2 aromatic heterocycles. The van der Waals surface area contributed by atoms with E-state index in [4.69, 9.17) is 4.74 Å². The van der Waals surface area contributed by atoms with Crippen molar-refractivity contribution in [1.29, 1.82) is 0 Å². The Morgan fingerprint density at radius 2 is 0.894 bits per heavy atom. The number of rotatable bonds is 12. The molecule has 0 saturated heterocycles. The van der Waals surface area contributed by atoms with E-state index in [1.54, 1.807) is 9.36 Å². The Kier molecular flexibility index (Phi) is 14.9. The lowest BCUT2D eigenvalue weighted by atomic mass is 9.33. The van der Waals surface area contributed by atoms with Crippen molar-refractivity contribution in [2.75, 3.05) is 13.2 Å². The van der Waals surface area contributed by atoms with Crippen molar-refractivity contribution in [2.24, 2.45) is 100 Å². The van der Waals surface area contributed by atoms with E-state index in [9.17, 15) is 30.0 Å². The molecular weight excluding hydrogens is 1060 g/mol. The van der Waals surface area contributed by atoms with Crippen LogP contribution < -0.4 is 10.6 Å². The molecule has 0 spiro atoms. The summed E-state index contributed by atoms with van der Waals surface area (Å²) >= 11 is 0. The van der Waals surface area contributed by atoms with E-state index in [1.165, 1.54) is 11.1 Å². The fraction of sp³-hybridized carbons (Fsp3) is 0.857. The predicted octanol–water partition coefficient (Wildman–Crippen LogP) is 11.1. The number of amides is 2. The third-order valence-electron chi connectivity index (χ3n) is 29.1. The Morgan fingerprint density at radius 3 is 1.28 bits per heavy atom. The first kappa shape index (κ1) is 61.7. The van der Waals surface area contributed by atoms with Crippen LogP contribution in [0.3, 0.4) is 0 Å². The smallest absolute Gasteiger partial charge is 0.229 e. The van der Waals surface area contributed by atoms with Crippen molar-refractivity contribution in [2.45, 2.75) is 263 Å². The largest absolute Gasteiger partial charge is 0.393 e. The second-order valence-electron chi connectivity index (χ2n) is 34.6.